The number of likely N-dealkylation sites (tertiary alicyclic amines) is 1. The van der Waals surface area contributed by atoms with Gasteiger partial charge in [-0.2, -0.15) is 0 Å². The van der Waals surface area contributed by atoms with Crippen molar-refractivity contribution < 1.29 is 0 Å². The van der Waals surface area contributed by atoms with Crippen molar-refractivity contribution in [3.8, 4) is 11.3 Å². The number of hydrogen-bond acceptors (Lipinski definition) is 6. The molecule has 29 heavy (non-hydrogen) atoms. The van der Waals surface area contributed by atoms with Crippen LogP contribution in [0.25, 0.3) is 16.2 Å². The van der Waals surface area contributed by atoms with Crippen LogP contribution in [0.1, 0.15) is 12.8 Å². The molecule has 4 heterocycles. The van der Waals surface area contributed by atoms with Gasteiger partial charge in [0, 0.05) is 43.3 Å². The highest BCUT2D eigenvalue weighted by Gasteiger charge is 2.24. The molecule has 0 amide bonds. The lowest BCUT2D eigenvalue weighted by molar-refractivity contribution is 0.155. The molecule has 0 N–H and O–H groups in total. The second kappa shape index (κ2) is 8.22. The number of benzene rings is 1. The van der Waals surface area contributed by atoms with E-state index in [0.29, 0.717) is 0 Å². The van der Waals surface area contributed by atoms with Crippen LogP contribution >= 0.6 is 22.9 Å². The van der Waals surface area contributed by atoms with Crippen molar-refractivity contribution in [3.05, 3.63) is 35.5 Å². The van der Waals surface area contributed by atoms with Crippen molar-refractivity contribution in [3.63, 3.8) is 0 Å². The molecule has 1 aromatic carbocycles. The van der Waals surface area contributed by atoms with Crippen molar-refractivity contribution in [2.45, 2.75) is 12.8 Å². The number of nitrogens with zero attached hydrogens (tertiary/aromatic N) is 6. The molecule has 8 heteroatoms. The van der Waals surface area contributed by atoms with Crippen LogP contribution < -0.4 is 4.90 Å². The van der Waals surface area contributed by atoms with E-state index in [0.717, 1.165) is 58.5 Å². The summed E-state index contributed by atoms with van der Waals surface area (Å²) in [5.41, 5.74) is 2.01. The molecular weight excluding hydrogens is 404 g/mol. The van der Waals surface area contributed by atoms with Gasteiger partial charge in [0.05, 0.1) is 11.9 Å². The molecule has 2 fully saturated rings. The molecule has 0 atom stereocenters. The zero-order valence-electron chi connectivity index (χ0n) is 16.8. The third-order valence-electron chi connectivity index (χ3n) is 6.17. The number of rotatable bonds is 4. The van der Waals surface area contributed by atoms with Gasteiger partial charge in [-0.15, -0.1) is 5.10 Å². The molecule has 0 radical (unpaired) electrons. The van der Waals surface area contributed by atoms with Crippen LogP contribution in [0.5, 0.6) is 0 Å². The molecule has 0 spiro atoms. The third-order valence-corrected chi connectivity index (χ3v) is 7.41. The number of halogens is 1. The van der Waals surface area contributed by atoms with Gasteiger partial charge in [-0.05, 0) is 51.0 Å². The smallest absolute Gasteiger partial charge is 0.214 e. The number of aromatic nitrogens is 3. The van der Waals surface area contributed by atoms with E-state index in [-0.39, 0.29) is 0 Å². The summed E-state index contributed by atoms with van der Waals surface area (Å²) in [5, 5.41) is 6.62. The normalized spacial score (nSPS) is 20.0. The minimum atomic E-state index is 0.741. The standard InChI is InChI=1S/C21H27ClN6S/c1-25-8-6-16(7-9-25)14-26-10-12-27(13-11-26)21-24-28-15-19(23-20(28)29-21)17-2-4-18(22)5-3-17/h2-5,15-16H,6-14H2,1H3. The molecule has 0 unspecified atom stereocenters. The van der Waals surface area contributed by atoms with Crippen molar-refractivity contribution >= 4 is 33.0 Å². The van der Waals surface area contributed by atoms with Crippen LogP contribution in [0.2, 0.25) is 5.02 Å². The third kappa shape index (κ3) is 4.28. The van der Waals surface area contributed by atoms with Crippen LogP contribution in [0, 0.1) is 5.92 Å². The van der Waals surface area contributed by atoms with Crippen LogP contribution in [0.3, 0.4) is 0 Å². The quantitative estimate of drug-likeness (QED) is 0.632. The highest BCUT2D eigenvalue weighted by Crippen LogP contribution is 2.28. The van der Waals surface area contributed by atoms with Gasteiger partial charge >= 0.3 is 0 Å². The monoisotopic (exact) mass is 430 g/mol. The van der Waals surface area contributed by atoms with Gasteiger partial charge in [0.2, 0.25) is 10.1 Å². The molecule has 6 nitrogen and oxygen atoms in total. The maximum Gasteiger partial charge on any atom is 0.214 e. The van der Waals surface area contributed by atoms with Crippen LogP contribution in [0.15, 0.2) is 30.5 Å². The van der Waals surface area contributed by atoms with E-state index < -0.39 is 0 Å². The molecular formula is C21H27ClN6S. The predicted molar refractivity (Wildman–Crippen MR) is 120 cm³/mol. The number of anilines is 1. The summed E-state index contributed by atoms with van der Waals surface area (Å²) in [4.78, 5) is 13.2. The lowest BCUT2D eigenvalue weighted by atomic mass is 9.96. The summed E-state index contributed by atoms with van der Waals surface area (Å²) in [5.74, 6) is 0.868. The van der Waals surface area contributed by atoms with Gasteiger partial charge in [-0.1, -0.05) is 35.1 Å². The molecule has 2 saturated heterocycles. The Kier molecular flexibility index (Phi) is 5.47. The topological polar surface area (TPSA) is 39.9 Å². The lowest BCUT2D eigenvalue weighted by Crippen LogP contribution is -2.48. The SMILES string of the molecule is CN1CCC(CN2CCN(c3nn4cc(-c5ccc(Cl)cc5)nc4s3)CC2)CC1. The minimum Gasteiger partial charge on any atom is -0.344 e. The van der Waals surface area contributed by atoms with Gasteiger partial charge in [0.15, 0.2) is 0 Å². The summed E-state index contributed by atoms with van der Waals surface area (Å²) < 4.78 is 1.91. The summed E-state index contributed by atoms with van der Waals surface area (Å²) >= 11 is 7.66. The first kappa shape index (κ1) is 19.3. The molecule has 2 aromatic heterocycles. The Balaban J connectivity index is 1.20. The molecule has 154 valence electrons. The van der Waals surface area contributed by atoms with Gasteiger partial charge in [-0.3, -0.25) is 4.90 Å². The number of piperazine rings is 1. The fourth-order valence-corrected chi connectivity index (χ4v) is 5.37. The van der Waals surface area contributed by atoms with Gasteiger partial charge in [0.1, 0.15) is 0 Å². The van der Waals surface area contributed by atoms with Crippen LogP contribution in [-0.2, 0) is 0 Å². The van der Waals surface area contributed by atoms with Crippen molar-refractivity contribution in [1.29, 1.82) is 0 Å². The molecule has 2 aliphatic heterocycles. The Hall–Kier alpha value is -1.67. The zero-order valence-corrected chi connectivity index (χ0v) is 18.4. The second-order valence-electron chi connectivity index (χ2n) is 8.28. The second-order valence-corrected chi connectivity index (χ2v) is 9.65. The first-order valence-corrected chi connectivity index (χ1v) is 11.6. The van der Waals surface area contributed by atoms with Gasteiger partial charge < -0.3 is 9.80 Å². The Morgan fingerprint density at radius 3 is 2.45 bits per heavy atom. The number of piperidine rings is 1. The van der Waals surface area contributed by atoms with E-state index in [1.165, 1.54) is 32.5 Å². The van der Waals surface area contributed by atoms with Gasteiger partial charge in [0.25, 0.3) is 0 Å². The summed E-state index contributed by atoms with van der Waals surface area (Å²) in [6.07, 6.45) is 4.70. The van der Waals surface area contributed by atoms with Crippen molar-refractivity contribution in [1.82, 2.24) is 24.4 Å². The van der Waals surface area contributed by atoms with E-state index in [9.17, 15) is 0 Å². The van der Waals surface area contributed by atoms with E-state index in [1.54, 1.807) is 11.3 Å². The molecule has 0 saturated carbocycles. The summed E-state index contributed by atoms with van der Waals surface area (Å²) in [7, 11) is 2.23. The average Bonchev–Trinajstić information content (AvgIpc) is 3.30. The zero-order chi connectivity index (χ0) is 19.8. The Labute approximate surface area is 180 Å². The largest absolute Gasteiger partial charge is 0.344 e. The lowest BCUT2D eigenvalue weighted by Gasteiger charge is -2.38. The molecule has 2 aliphatic rings. The van der Waals surface area contributed by atoms with E-state index >= 15 is 0 Å². The summed E-state index contributed by atoms with van der Waals surface area (Å²) in [6.45, 7) is 8.12. The van der Waals surface area contributed by atoms with E-state index in [1.807, 2.05) is 35.0 Å². The number of imidazole rings is 1. The number of hydrogen-bond donors (Lipinski definition) is 0. The fourth-order valence-electron chi connectivity index (χ4n) is 4.31. The average molecular weight is 431 g/mol. The maximum atomic E-state index is 5.99. The molecule has 5 rings (SSSR count). The van der Waals surface area contributed by atoms with Crippen LogP contribution in [0.4, 0.5) is 5.13 Å². The van der Waals surface area contributed by atoms with Crippen molar-refractivity contribution in [2.24, 2.45) is 5.92 Å². The first-order chi connectivity index (χ1) is 14.1. The number of fused-ring (bicyclic) bond motifs is 1. The summed E-state index contributed by atoms with van der Waals surface area (Å²) in [6, 6.07) is 7.79. The Morgan fingerprint density at radius 1 is 1.03 bits per heavy atom. The maximum absolute atomic E-state index is 5.99. The molecule has 0 bridgehead atoms. The first-order valence-electron chi connectivity index (χ1n) is 10.4. The Bertz CT molecular complexity index is 920. The molecule has 3 aromatic rings. The Morgan fingerprint density at radius 2 is 1.76 bits per heavy atom. The predicted octanol–water partition coefficient (Wildman–Crippen LogP) is 3.58. The van der Waals surface area contributed by atoms with Crippen LogP contribution in [-0.4, -0.2) is 77.3 Å². The molecule has 0 aliphatic carbocycles. The van der Waals surface area contributed by atoms with Gasteiger partial charge in [-0.25, -0.2) is 9.50 Å². The minimum absolute atomic E-state index is 0.741. The highest BCUT2D eigenvalue weighted by molar-refractivity contribution is 7.20. The fraction of sp³-hybridized carbons (Fsp3) is 0.524. The van der Waals surface area contributed by atoms with E-state index in [4.69, 9.17) is 21.7 Å². The highest BCUT2D eigenvalue weighted by atomic mass is 35.5. The van der Waals surface area contributed by atoms with E-state index in [2.05, 4.69) is 21.7 Å². The van der Waals surface area contributed by atoms with Crippen molar-refractivity contribution in [2.75, 3.05) is 57.8 Å².